The molecule has 24 heavy (non-hydrogen) atoms. The first kappa shape index (κ1) is 33.1. The van der Waals surface area contributed by atoms with Crippen LogP contribution in [0.1, 0.15) is 87.9 Å². The van der Waals surface area contributed by atoms with Crippen LogP contribution in [0.25, 0.3) is 0 Å². The zero-order valence-electron chi connectivity index (χ0n) is 17.0. The summed E-state index contributed by atoms with van der Waals surface area (Å²) in [7, 11) is 0. The van der Waals surface area contributed by atoms with Crippen LogP contribution >= 0.6 is 23.2 Å². The third kappa shape index (κ3) is 31.2. The average molecular weight is 478 g/mol. The molecular formula is C20H42Cl2NiZn. The van der Waals surface area contributed by atoms with Gasteiger partial charge < -0.3 is 0 Å². The van der Waals surface area contributed by atoms with Crippen molar-refractivity contribution in [2.45, 2.75) is 86.5 Å². The minimum atomic E-state index is 0. The van der Waals surface area contributed by atoms with Gasteiger partial charge in [0.25, 0.3) is 0 Å². The number of hydrogen-bond acceptors (Lipinski definition) is 0. The molecular weight excluding hydrogens is 435 g/mol. The fraction of sp³-hybridized carbons (Fsp3) is 0.900. The Labute approximate surface area is 187 Å². The first-order valence-corrected chi connectivity index (χ1v) is 10.2. The molecule has 0 heterocycles. The van der Waals surface area contributed by atoms with Gasteiger partial charge in [0.2, 0.25) is 0 Å². The van der Waals surface area contributed by atoms with Crippen molar-refractivity contribution in [2.75, 3.05) is 11.8 Å². The molecule has 0 bridgehead atoms. The van der Waals surface area contributed by atoms with E-state index in [-0.39, 0.29) is 37.4 Å². The van der Waals surface area contributed by atoms with Crippen molar-refractivity contribution >= 4 is 23.2 Å². The molecule has 0 aromatic carbocycles. The van der Waals surface area contributed by atoms with Gasteiger partial charge in [0, 0.05) is 49.2 Å². The second-order valence-electron chi connectivity index (χ2n) is 7.35. The number of allylic oxidation sites excluding steroid dienone is 2. The van der Waals surface area contributed by atoms with Crippen molar-refractivity contribution in [3.05, 3.63) is 11.6 Å². The van der Waals surface area contributed by atoms with Gasteiger partial charge in [0.1, 0.15) is 0 Å². The van der Waals surface area contributed by atoms with Crippen molar-refractivity contribution in [3.63, 3.8) is 0 Å². The molecule has 0 radical (unpaired) electrons. The second kappa shape index (κ2) is 24.4. The van der Waals surface area contributed by atoms with Gasteiger partial charge in [-0.2, -0.15) is 0 Å². The summed E-state index contributed by atoms with van der Waals surface area (Å²) >= 11 is 11.3. The van der Waals surface area contributed by atoms with Crippen LogP contribution in [0.2, 0.25) is 0 Å². The molecule has 0 aliphatic heterocycles. The molecule has 0 amide bonds. The third-order valence-electron chi connectivity index (χ3n) is 3.89. The van der Waals surface area contributed by atoms with Crippen molar-refractivity contribution < 1.29 is 37.4 Å². The van der Waals surface area contributed by atoms with Crippen molar-refractivity contribution in [2.24, 2.45) is 17.8 Å². The monoisotopic (exact) mass is 474 g/mol. The van der Waals surface area contributed by atoms with Gasteiger partial charge in [0.05, 0.1) is 0 Å². The Morgan fingerprint density at radius 2 is 1.29 bits per heavy atom. The molecule has 0 spiro atoms. The number of hydrogen-bond donors (Lipinski definition) is 0. The van der Waals surface area contributed by atoms with Gasteiger partial charge in [-0.15, -0.1) is 23.2 Å². The molecule has 0 aliphatic rings. The quantitative estimate of drug-likeness (QED) is 0.159. The first-order chi connectivity index (χ1) is 10.3. The normalized spacial score (nSPS) is 12.2. The molecule has 2 atom stereocenters. The molecule has 0 rings (SSSR count). The molecule has 0 saturated heterocycles. The smallest absolute Gasteiger partial charge is 0.0225 e. The summed E-state index contributed by atoms with van der Waals surface area (Å²) in [6.45, 7) is 13.4. The Bertz CT molecular complexity index is 260. The van der Waals surface area contributed by atoms with Crippen molar-refractivity contribution in [3.8, 4) is 0 Å². The van der Waals surface area contributed by atoms with E-state index in [1.807, 2.05) is 0 Å². The molecule has 0 saturated carbocycles. The van der Waals surface area contributed by atoms with Crippen LogP contribution in [0.4, 0.5) is 0 Å². The van der Waals surface area contributed by atoms with E-state index in [0.717, 1.165) is 35.9 Å². The van der Waals surface area contributed by atoms with Crippen LogP contribution in [0.15, 0.2) is 11.6 Å². The van der Waals surface area contributed by atoms with E-state index in [4.69, 9.17) is 23.2 Å². The summed E-state index contributed by atoms with van der Waals surface area (Å²) in [6.07, 6.45) is 11.2. The molecule has 0 fully saturated rings. The largest absolute Gasteiger partial charge is 0.127 e. The van der Waals surface area contributed by atoms with E-state index in [0.29, 0.717) is 0 Å². The summed E-state index contributed by atoms with van der Waals surface area (Å²) in [4.78, 5) is 0. The minimum absolute atomic E-state index is 0. The van der Waals surface area contributed by atoms with Gasteiger partial charge in [-0.05, 0) is 57.3 Å². The average Bonchev–Trinajstić information content (AvgIpc) is 2.39. The van der Waals surface area contributed by atoms with Crippen LogP contribution in [0.5, 0.6) is 0 Å². The second-order valence-corrected chi connectivity index (χ2v) is 8.11. The van der Waals surface area contributed by atoms with E-state index in [9.17, 15) is 0 Å². The van der Waals surface area contributed by atoms with Crippen LogP contribution < -0.4 is 0 Å². The van der Waals surface area contributed by atoms with Crippen LogP contribution in [-0.4, -0.2) is 11.8 Å². The van der Waals surface area contributed by atoms with Crippen molar-refractivity contribution in [1.82, 2.24) is 0 Å². The van der Waals surface area contributed by atoms with Crippen LogP contribution in [0.3, 0.4) is 0 Å². The zero-order valence-corrected chi connectivity index (χ0v) is 22.4. The van der Waals surface area contributed by atoms with Gasteiger partial charge in [-0.3, -0.25) is 0 Å². The van der Waals surface area contributed by atoms with Crippen molar-refractivity contribution in [1.29, 1.82) is 0 Å². The molecule has 0 nitrogen and oxygen atoms in total. The van der Waals surface area contributed by atoms with E-state index >= 15 is 0 Å². The third-order valence-corrected chi connectivity index (χ3v) is 4.33. The van der Waals surface area contributed by atoms with Crippen LogP contribution in [0, 0.1) is 17.8 Å². The van der Waals surface area contributed by atoms with Gasteiger partial charge in [0.15, 0.2) is 0 Å². The van der Waals surface area contributed by atoms with Gasteiger partial charge >= 0.3 is 0 Å². The Balaban J connectivity index is -0.0000000952. The predicted molar refractivity (Wildman–Crippen MR) is 108 cm³/mol. The molecule has 2 unspecified atom stereocenters. The Hall–Kier alpha value is 1.44. The molecule has 4 heteroatoms. The fourth-order valence-corrected chi connectivity index (χ4v) is 2.94. The number of rotatable bonds is 11. The van der Waals surface area contributed by atoms with E-state index in [1.165, 1.54) is 44.1 Å². The minimum Gasteiger partial charge on any atom is -0.127 e. The summed E-state index contributed by atoms with van der Waals surface area (Å²) in [6, 6.07) is 0. The number of alkyl halides is 2. The molecule has 0 aliphatic carbocycles. The maximum absolute atomic E-state index is 5.64. The van der Waals surface area contributed by atoms with Crippen LogP contribution in [-0.2, 0) is 36.0 Å². The standard InChI is InChI=1S/C10H21Cl.C10H19Cl.Ni.Zn.H2/c2*1-9(2)5-4-6-10(3)7-8-11;;;/h9-10H,4-8H2,1-3H3;5,10H,4,6-8H2,1-3H3;;;1H. The molecule has 0 N–H and O–H groups in total. The molecule has 148 valence electrons. The van der Waals surface area contributed by atoms with E-state index in [1.54, 1.807) is 0 Å². The maximum Gasteiger partial charge on any atom is 0.0225 e. The Kier molecular flexibility index (Phi) is 33.7. The Morgan fingerprint density at radius 1 is 0.833 bits per heavy atom. The Morgan fingerprint density at radius 3 is 1.67 bits per heavy atom. The summed E-state index contributed by atoms with van der Waals surface area (Å²) < 4.78 is 0. The SMILES string of the molecule is CC(C)=CCCC(C)CCCl.CC(C)CCCC(C)CCCl.[HH].[Ni].[Zn]. The van der Waals surface area contributed by atoms with Gasteiger partial charge in [-0.25, -0.2) is 0 Å². The van der Waals surface area contributed by atoms with E-state index < -0.39 is 0 Å². The van der Waals surface area contributed by atoms with Gasteiger partial charge in [-0.1, -0.05) is 58.6 Å². The summed E-state index contributed by atoms with van der Waals surface area (Å²) in [5.41, 5.74) is 1.42. The van der Waals surface area contributed by atoms with E-state index in [2.05, 4.69) is 47.6 Å². The summed E-state index contributed by atoms with van der Waals surface area (Å²) in [5, 5.41) is 0. The predicted octanol–water partition coefficient (Wildman–Crippen LogP) is 8.32. The first-order valence-electron chi connectivity index (χ1n) is 9.08. The topological polar surface area (TPSA) is 0 Å². The zero-order chi connectivity index (χ0) is 17.4. The molecule has 0 aromatic rings. The molecule has 0 aromatic heterocycles. The fourth-order valence-electron chi connectivity index (χ4n) is 2.19. The summed E-state index contributed by atoms with van der Waals surface area (Å²) in [5.74, 6) is 4.09. The number of halogens is 2. The maximum atomic E-state index is 5.64.